The highest BCUT2D eigenvalue weighted by Crippen LogP contribution is 2.48. The Balaban J connectivity index is 1.62. The van der Waals surface area contributed by atoms with Crippen LogP contribution < -0.4 is 4.90 Å². The summed E-state index contributed by atoms with van der Waals surface area (Å²) in [7, 11) is 0. The molecule has 0 aromatic heterocycles. The van der Waals surface area contributed by atoms with Crippen molar-refractivity contribution in [3.05, 3.63) is 74.3 Å². The highest BCUT2D eigenvalue weighted by atomic mass is 79.9. The number of amides is 2. The van der Waals surface area contributed by atoms with E-state index >= 15 is 0 Å². The maximum absolute atomic E-state index is 13.5. The lowest BCUT2D eigenvalue weighted by Crippen LogP contribution is -2.38. The van der Waals surface area contributed by atoms with Gasteiger partial charge in [0.1, 0.15) is 5.75 Å². The number of hydrogen-bond donors (Lipinski definition) is 3. The highest BCUT2D eigenvalue weighted by Gasteiger charge is 2.55. The van der Waals surface area contributed by atoms with Gasteiger partial charge >= 0.3 is 12.4 Å². The number of halogens is 7. The average molecular weight is 676 g/mol. The summed E-state index contributed by atoms with van der Waals surface area (Å²) in [6.07, 6.45) is -9.37. The van der Waals surface area contributed by atoms with E-state index in [2.05, 4.69) is 15.9 Å². The third-order valence-corrected chi connectivity index (χ3v) is 8.41. The second-order valence-corrected chi connectivity index (χ2v) is 11.8. The Morgan fingerprint density at radius 2 is 1.65 bits per heavy atom. The van der Waals surface area contributed by atoms with Crippen LogP contribution in [0, 0.1) is 17.8 Å². The van der Waals surface area contributed by atoms with Crippen LogP contribution in [0.15, 0.2) is 57.6 Å². The summed E-state index contributed by atoms with van der Waals surface area (Å²) in [6, 6.07) is 5.46. The van der Waals surface area contributed by atoms with Gasteiger partial charge in [0.15, 0.2) is 0 Å². The number of anilines is 1. The molecule has 0 unspecified atom stereocenters. The van der Waals surface area contributed by atoms with Crippen LogP contribution in [0.25, 0.3) is 6.08 Å². The van der Waals surface area contributed by atoms with Crippen molar-refractivity contribution in [1.29, 1.82) is 0 Å². The van der Waals surface area contributed by atoms with E-state index in [1.165, 1.54) is 6.07 Å². The maximum Gasteiger partial charge on any atom is 0.416 e. The normalized spacial score (nSPS) is 22.3. The Morgan fingerprint density at radius 3 is 2.21 bits per heavy atom. The molecule has 1 saturated heterocycles. The van der Waals surface area contributed by atoms with Crippen LogP contribution in [0.1, 0.15) is 49.8 Å². The number of hydrogen-bond acceptors (Lipinski definition) is 5. The average Bonchev–Trinajstić information content (AvgIpc) is 3.16. The number of carbonyl (C=O) groups is 2. The van der Waals surface area contributed by atoms with Crippen LogP contribution in [0.2, 0.25) is 0 Å². The fraction of sp³-hybridized carbons (Fsp3) is 0.400. The van der Waals surface area contributed by atoms with E-state index in [9.17, 15) is 51.3 Å². The largest absolute Gasteiger partial charge is 0.507 e. The van der Waals surface area contributed by atoms with Gasteiger partial charge < -0.3 is 15.3 Å². The fourth-order valence-electron chi connectivity index (χ4n) is 5.94. The molecule has 1 aliphatic heterocycles. The number of carbonyl (C=O) groups excluding carboxylic acids is 2. The molecular weight excluding hydrogens is 648 g/mol. The van der Waals surface area contributed by atoms with Gasteiger partial charge in [0, 0.05) is 16.0 Å². The highest BCUT2D eigenvalue weighted by molar-refractivity contribution is 9.10. The van der Waals surface area contributed by atoms with Crippen LogP contribution in [-0.2, 0) is 21.9 Å². The summed E-state index contributed by atoms with van der Waals surface area (Å²) in [5.74, 6) is -5.46. The van der Waals surface area contributed by atoms with Gasteiger partial charge in [0.25, 0.3) is 0 Å². The number of aliphatic hydroxyl groups excluding tert-OH is 2. The number of phenols is 1. The van der Waals surface area contributed by atoms with Crippen molar-refractivity contribution in [2.75, 3.05) is 11.5 Å². The van der Waals surface area contributed by atoms with Gasteiger partial charge in [-0.15, -0.1) is 0 Å². The lowest BCUT2D eigenvalue weighted by atomic mass is 9.68. The van der Waals surface area contributed by atoms with Crippen molar-refractivity contribution in [2.24, 2.45) is 17.8 Å². The third-order valence-electron chi connectivity index (χ3n) is 7.92. The number of aliphatic hydroxyl groups is 2. The molecule has 0 radical (unpaired) electrons. The van der Waals surface area contributed by atoms with Crippen LogP contribution in [0.4, 0.5) is 32.0 Å². The van der Waals surface area contributed by atoms with Gasteiger partial charge in [0.05, 0.1) is 41.4 Å². The zero-order valence-electron chi connectivity index (χ0n) is 22.9. The number of nitrogens with zero attached hydrogens (tertiary/aromatic N) is 1. The lowest BCUT2D eigenvalue weighted by Gasteiger charge is -2.35. The smallest absolute Gasteiger partial charge is 0.416 e. The number of rotatable bonds is 7. The summed E-state index contributed by atoms with van der Waals surface area (Å²) < 4.78 is 81.6. The van der Waals surface area contributed by atoms with Crippen molar-refractivity contribution in [2.45, 2.75) is 51.6 Å². The van der Waals surface area contributed by atoms with Crippen LogP contribution in [-0.4, -0.2) is 39.8 Å². The molecule has 2 aliphatic rings. The minimum Gasteiger partial charge on any atom is -0.507 e. The topological polar surface area (TPSA) is 98.1 Å². The number of phenolic OH excluding ortho intramolecular Hbond substituents is 1. The first-order chi connectivity index (χ1) is 19.9. The Bertz CT molecular complexity index is 1470. The van der Waals surface area contributed by atoms with E-state index in [1.54, 1.807) is 32.1 Å². The second kappa shape index (κ2) is 12.1. The molecule has 43 heavy (non-hydrogen) atoms. The van der Waals surface area contributed by atoms with E-state index in [-0.39, 0.29) is 24.7 Å². The predicted octanol–water partition coefficient (Wildman–Crippen LogP) is 6.87. The monoisotopic (exact) mass is 675 g/mol. The molecule has 232 valence electrons. The molecule has 13 heteroatoms. The minimum atomic E-state index is -5.18. The first-order valence-electron chi connectivity index (χ1n) is 13.3. The number of allylic oxidation sites excluding steroid dienone is 2. The van der Waals surface area contributed by atoms with Crippen LogP contribution in [0.5, 0.6) is 5.75 Å². The van der Waals surface area contributed by atoms with E-state index in [4.69, 9.17) is 0 Å². The minimum absolute atomic E-state index is 0.0532. The zero-order valence-corrected chi connectivity index (χ0v) is 24.5. The first-order valence-corrected chi connectivity index (χ1v) is 14.0. The molecular formula is C30H28BrF6NO5. The van der Waals surface area contributed by atoms with Crippen molar-refractivity contribution >= 4 is 39.5 Å². The standard InChI is InChI=1S/C30H28BrF6NO5/c1-14(7-16-9-19(31)4-6-23(16)40)3-5-24(41)25-15(2)8-21-26(22(25)13-39)28(43)38(27(21)42)20-11-17(29(32,33)34)10-18(12-20)30(35,36)37/h4,6-7,9-12,21-22,24,26,39-41H,3,5,8,13H2,1-2H3/b14-7+/t21-,22+,24-,26-/m1/s1. The van der Waals surface area contributed by atoms with Gasteiger partial charge in [0.2, 0.25) is 11.8 Å². The van der Waals surface area contributed by atoms with Crippen molar-refractivity contribution in [1.82, 2.24) is 0 Å². The van der Waals surface area contributed by atoms with Crippen LogP contribution >= 0.6 is 15.9 Å². The molecule has 6 nitrogen and oxygen atoms in total. The van der Waals surface area contributed by atoms with E-state index in [0.29, 0.717) is 40.2 Å². The van der Waals surface area contributed by atoms with Crippen molar-refractivity contribution in [3.8, 4) is 5.75 Å². The summed E-state index contributed by atoms with van der Waals surface area (Å²) in [5, 5.41) is 31.5. The molecule has 0 spiro atoms. The number of aromatic hydroxyl groups is 1. The number of fused-ring (bicyclic) bond motifs is 1. The quantitative estimate of drug-likeness (QED) is 0.169. The fourth-order valence-corrected chi connectivity index (χ4v) is 6.32. The zero-order chi connectivity index (χ0) is 32.0. The number of imide groups is 1. The molecule has 1 heterocycles. The number of benzene rings is 2. The lowest BCUT2D eigenvalue weighted by molar-refractivity contribution is -0.143. The molecule has 2 amide bonds. The second-order valence-electron chi connectivity index (χ2n) is 10.9. The van der Waals surface area contributed by atoms with Gasteiger partial charge in [-0.05, 0) is 75.1 Å². The summed E-state index contributed by atoms with van der Waals surface area (Å²) >= 11 is 3.33. The van der Waals surface area contributed by atoms with E-state index in [1.807, 2.05) is 0 Å². The summed E-state index contributed by atoms with van der Waals surface area (Å²) in [5.41, 5.74) is -2.05. The number of alkyl halides is 6. The molecule has 1 fully saturated rings. The Kier molecular flexibility index (Phi) is 9.20. The summed E-state index contributed by atoms with van der Waals surface area (Å²) in [6.45, 7) is 2.71. The molecule has 1 aliphatic carbocycles. The predicted molar refractivity (Wildman–Crippen MR) is 149 cm³/mol. The van der Waals surface area contributed by atoms with Crippen molar-refractivity contribution in [3.63, 3.8) is 0 Å². The van der Waals surface area contributed by atoms with Gasteiger partial charge in [-0.1, -0.05) is 33.2 Å². The SMILES string of the molecule is CC1=C([C@H](O)CC/C(C)=C/c2cc(Br)ccc2O)[C@H](CO)[C@@H]2C(=O)N(c3cc(C(F)(F)F)cc(C(F)(F)F)c3)C(=O)[C@@H]2C1. The molecule has 2 aromatic carbocycles. The molecule has 0 saturated carbocycles. The Morgan fingerprint density at radius 1 is 1.05 bits per heavy atom. The molecule has 2 aromatic rings. The molecule has 0 bridgehead atoms. The Hall–Kier alpha value is -3.16. The molecule has 4 atom stereocenters. The van der Waals surface area contributed by atoms with Crippen molar-refractivity contribution < 1.29 is 51.3 Å². The molecule has 3 N–H and O–H groups in total. The maximum atomic E-state index is 13.5. The third kappa shape index (κ3) is 6.68. The molecule has 4 rings (SSSR count). The van der Waals surface area contributed by atoms with Crippen LogP contribution in [0.3, 0.4) is 0 Å². The first kappa shape index (κ1) is 32.7. The summed E-state index contributed by atoms with van der Waals surface area (Å²) in [4.78, 5) is 27.2. The van der Waals surface area contributed by atoms with Gasteiger partial charge in [-0.3, -0.25) is 9.59 Å². The van der Waals surface area contributed by atoms with E-state index < -0.39 is 71.4 Å². The van der Waals surface area contributed by atoms with E-state index in [0.717, 1.165) is 10.0 Å². The van der Waals surface area contributed by atoms with Gasteiger partial charge in [-0.25, -0.2) is 4.90 Å². The van der Waals surface area contributed by atoms with Gasteiger partial charge in [-0.2, -0.15) is 26.3 Å². The Labute approximate surface area is 251 Å².